The van der Waals surface area contributed by atoms with Gasteiger partial charge in [0.25, 0.3) is 0 Å². The van der Waals surface area contributed by atoms with Crippen molar-refractivity contribution in [1.82, 2.24) is 20.1 Å². The average molecular weight is 324 g/mol. The minimum atomic E-state index is -0.349. The maximum absolute atomic E-state index is 12.1. The van der Waals surface area contributed by atoms with Gasteiger partial charge in [0.1, 0.15) is 23.9 Å². The maximum atomic E-state index is 12.1. The van der Waals surface area contributed by atoms with E-state index in [9.17, 15) is 4.79 Å². The zero-order valence-electron chi connectivity index (χ0n) is 13.8. The first-order chi connectivity index (χ1) is 11.6. The van der Waals surface area contributed by atoms with Gasteiger partial charge in [0.15, 0.2) is 0 Å². The lowest BCUT2D eigenvalue weighted by atomic mass is 10.2. The van der Waals surface area contributed by atoms with E-state index in [1.54, 1.807) is 17.1 Å². The minimum Gasteiger partial charge on any atom is -0.489 e. The molecule has 0 fully saturated rings. The highest BCUT2D eigenvalue weighted by molar-refractivity contribution is 5.84. The third-order valence-corrected chi connectivity index (χ3v) is 3.76. The Labute approximate surface area is 140 Å². The van der Waals surface area contributed by atoms with Crippen LogP contribution >= 0.6 is 0 Å². The van der Waals surface area contributed by atoms with Crippen molar-refractivity contribution in [3.8, 4) is 5.75 Å². The van der Waals surface area contributed by atoms with Crippen LogP contribution in [0.2, 0.25) is 0 Å². The Morgan fingerprint density at radius 3 is 2.96 bits per heavy atom. The Hall–Kier alpha value is -2.89. The van der Waals surface area contributed by atoms with Crippen molar-refractivity contribution in [3.05, 3.63) is 54.5 Å². The van der Waals surface area contributed by atoms with Crippen molar-refractivity contribution in [2.45, 2.75) is 19.9 Å². The predicted octanol–water partition coefficient (Wildman–Crippen LogP) is 2.50. The van der Waals surface area contributed by atoms with Crippen molar-refractivity contribution < 1.29 is 9.53 Å². The first-order valence-corrected chi connectivity index (χ1v) is 7.90. The molecule has 0 unspecified atom stereocenters. The monoisotopic (exact) mass is 324 g/mol. The number of fused-ring (bicyclic) bond motifs is 1. The highest BCUT2D eigenvalue weighted by Gasteiger charge is 2.14. The third kappa shape index (κ3) is 3.53. The summed E-state index contributed by atoms with van der Waals surface area (Å²) in [5.41, 5.74) is 1.85. The number of para-hydroxylation sites is 1. The van der Waals surface area contributed by atoms with Gasteiger partial charge in [-0.25, -0.2) is 0 Å². The molecule has 0 aliphatic rings. The van der Waals surface area contributed by atoms with Gasteiger partial charge in [-0.1, -0.05) is 18.2 Å². The lowest BCUT2D eigenvalue weighted by Crippen LogP contribution is -2.34. The highest BCUT2D eigenvalue weighted by atomic mass is 16.5. The van der Waals surface area contributed by atoms with Gasteiger partial charge in [-0.15, -0.1) is 0 Å². The number of nitrogens with zero attached hydrogens (tertiary/aromatic N) is 3. The molecule has 0 saturated heterocycles. The fourth-order valence-corrected chi connectivity index (χ4v) is 2.44. The number of benzene rings is 1. The standard InChI is InChI=1S/C18H20N4O2/c1-13-11-21-22(12-13)14(2)18(23)20-9-10-24-16-7-3-5-15-6-4-8-19-17(15)16/h3-8,11-12,14H,9-10H2,1-2H3,(H,20,23)/t14-/m1/s1. The van der Waals surface area contributed by atoms with Crippen molar-refractivity contribution in [1.29, 1.82) is 0 Å². The summed E-state index contributed by atoms with van der Waals surface area (Å²) >= 11 is 0. The van der Waals surface area contributed by atoms with E-state index in [1.807, 2.05) is 50.4 Å². The summed E-state index contributed by atoms with van der Waals surface area (Å²) in [5, 5.41) is 8.06. The fraction of sp³-hybridized carbons (Fsp3) is 0.278. The zero-order chi connectivity index (χ0) is 16.9. The number of ether oxygens (including phenoxy) is 1. The Morgan fingerprint density at radius 1 is 1.33 bits per heavy atom. The molecule has 2 aromatic heterocycles. The molecule has 2 heterocycles. The highest BCUT2D eigenvalue weighted by Crippen LogP contribution is 2.22. The first kappa shape index (κ1) is 16.0. The van der Waals surface area contributed by atoms with Crippen molar-refractivity contribution >= 4 is 16.8 Å². The number of carbonyl (C=O) groups excluding carboxylic acids is 1. The van der Waals surface area contributed by atoms with E-state index in [1.165, 1.54) is 0 Å². The molecule has 1 atom stereocenters. The van der Waals surface area contributed by atoms with Gasteiger partial charge in [0.2, 0.25) is 5.91 Å². The number of carbonyl (C=O) groups is 1. The third-order valence-electron chi connectivity index (χ3n) is 3.76. The van der Waals surface area contributed by atoms with Crippen LogP contribution in [0, 0.1) is 6.92 Å². The van der Waals surface area contributed by atoms with E-state index >= 15 is 0 Å². The molecule has 24 heavy (non-hydrogen) atoms. The summed E-state index contributed by atoms with van der Waals surface area (Å²) < 4.78 is 7.41. The summed E-state index contributed by atoms with van der Waals surface area (Å²) in [6.07, 6.45) is 5.33. The Morgan fingerprint density at radius 2 is 2.17 bits per heavy atom. The van der Waals surface area contributed by atoms with Crippen LogP contribution in [0.3, 0.4) is 0 Å². The van der Waals surface area contributed by atoms with Gasteiger partial charge < -0.3 is 10.1 Å². The van der Waals surface area contributed by atoms with Crippen LogP contribution in [0.5, 0.6) is 5.75 Å². The number of aromatic nitrogens is 3. The number of hydrogen-bond donors (Lipinski definition) is 1. The second-order valence-electron chi connectivity index (χ2n) is 5.64. The van der Waals surface area contributed by atoms with E-state index < -0.39 is 0 Å². The van der Waals surface area contributed by atoms with Crippen LogP contribution in [0.1, 0.15) is 18.5 Å². The van der Waals surface area contributed by atoms with Gasteiger partial charge >= 0.3 is 0 Å². The van der Waals surface area contributed by atoms with Crippen LogP contribution in [0.4, 0.5) is 0 Å². The molecule has 124 valence electrons. The number of amides is 1. The molecular weight excluding hydrogens is 304 g/mol. The van der Waals surface area contributed by atoms with Gasteiger partial charge in [-0.05, 0) is 31.5 Å². The zero-order valence-corrected chi connectivity index (χ0v) is 13.8. The minimum absolute atomic E-state index is 0.0854. The number of nitrogens with one attached hydrogen (secondary N) is 1. The molecule has 6 heteroatoms. The summed E-state index contributed by atoms with van der Waals surface area (Å²) in [7, 11) is 0. The number of rotatable bonds is 6. The van der Waals surface area contributed by atoms with Crippen LogP contribution in [0.15, 0.2) is 48.9 Å². The summed E-state index contributed by atoms with van der Waals surface area (Å²) in [6.45, 7) is 4.57. The summed E-state index contributed by atoms with van der Waals surface area (Å²) in [5.74, 6) is 0.635. The van der Waals surface area contributed by atoms with E-state index in [0.717, 1.165) is 22.2 Å². The second-order valence-corrected chi connectivity index (χ2v) is 5.64. The molecule has 1 N–H and O–H groups in total. The topological polar surface area (TPSA) is 69.0 Å². The number of hydrogen-bond acceptors (Lipinski definition) is 4. The van der Waals surface area contributed by atoms with Gasteiger partial charge in [-0.3, -0.25) is 14.5 Å². The Balaban J connectivity index is 1.52. The van der Waals surface area contributed by atoms with Crippen LogP contribution in [-0.4, -0.2) is 33.8 Å². The van der Waals surface area contributed by atoms with Crippen LogP contribution in [0.25, 0.3) is 10.9 Å². The molecule has 0 saturated carbocycles. The normalized spacial score (nSPS) is 12.1. The predicted molar refractivity (Wildman–Crippen MR) is 91.9 cm³/mol. The lowest BCUT2D eigenvalue weighted by molar-refractivity contribution is -0.124. The SMILES string of the molecule is Cc1cnn([C@H](C)C(=O)NCCOc2cccc3cccnc23)c1. The van der Waals surface area contributed by atoms with E-state index in [2.05, 4.69) is 15.4 Å². The van der Waals surface area contributed by atoms with Crippen molar-refractivity contribution in [2.24, 2.45) is 0 Å². The summed E-state index contributed by atoms with van der Waals surface area (Å²) in [4.78, 5) is 16.5. The molecule has 1 aromatic carbocycles. The molecule has 1 amide bonds. The van der Waals surface area contributed by atoms with Crippen molar-refractivity contribution in [3.63, 3.8) is 0 Å². The van der Waals surface area contributed by atoms with E-state index in [4.69, 9.17) is 4.74 Å². The molecule has 0 aliphatic carbocycles. The average Bonchev–Trinajstić information content (AvgIpc) is 3.04. The molecule has 0 radical (unpaired) electrons. The molecule has 3 rings (SSSR count). The van der Waals surface area contributed by atoms with E-state index in [-0.39, 0.29) is 11.9 Å². The van der Waals surface area contributed by atoms with Gasteiger partial charge in [0, 0.05) is 17.8 Å². The Bertz CT molecular complexity index is 838. The number of pyridine rings is 1. The van der Waals surface area contributed by atoms with Gasteiger partial charge in [0.05, 0.1) is 12.7 Å². The maximum Gasteiger partial charge on any atom is 0.244 e. The molecule has 6 nitrogen and oxygen atoms in total. The first-order valence-electron chi connectivity index (χ1n) is 7.90. The second kappa shape index (κ2) is 7.12. The van der Waals surface area contributed by atoms with Crippen molar-refractivity contribution in [2.75, 3.05) is 13.2 Å². The molecule has 3 aromatic rings. The molecule has 0 spiro atoms. The fourth-order valence-electron chi connectivity index (χ4n) is 2.44. The lowest BCUT2D eigenvalue weighted by Gasteiger charge is -2.13. The quantitative estimate of drug-likeness (QED) is 0.707. The smallest absolute Gasteiger partial charge is 0.244 e. The van der Waals surface area contributed by atoms with E-state index in [0.29, 0.717) is 13.2 Å². The number of aryl methyl sites for hydroxylation is 1. The largest absolute Gasteiger partial charge is 0.489 e. The van der Waals surface area contributed by atoms with Crippen LogP contribution < -0.4 is 10.1 Å². The summed E-state index contributed by atoms with van der Waals surface area (Å²) in [6, 6.07) is 9.34. The molecular formula is C18H20N4O2. The molecule has 0 aliphatic heterocycles. The molecule has 0 bridgehead atoms. The van der Waals surface area contributed by atoms with Gasteiger partial charge in [-0.2, -0.15) is 5.10 Å². The van der Waals surface area contributed by atoms with Crippen LogP contribution in [-0.2, 0) is 4.79 Å². The Kier molecular flexibility index (Phi) is 4.74.